The van der Waals surface area contributed by atoms with E-state index in [9.17, 15) is 0 Å². The molecule has 1 aliphatic heterocycles. The number of hydrogen-bond donors (Lipinski definition) is 2. The van der Waals surface area contributed by atoms with Gasteiger partial charge in [-0.1, -0.05) is 6.08 Å². The van der Waals surface area contributed by atoms with Crippen LogP contribution in [0.3, 0.4) is 0 Å². The van der Waals surface area contributed by atoms with Gasteiger partial charge < -0.3 is 20.8 Å². The van der Waals surface area contributed by atoms with Crippen LogP contribution in [0.25, 0.3) is 17.5 Å². The molecule has 0 saturated carbocycles. The summed E-state index contributed by atoms with van der Waals surface area (Å²) in [5, 5.41) is 7.75. The van der Waals surface area contributed by atoms with Crippen molar-refractivity contribution < 1.29 is 4.74 Å². The largest absolute Gasteiger partial charge is 0.394 e. The van der Waals surface area contributed by atoms with E-state index in [1.807, 2.05) is 37.2 Å². The third-order valence-corrected chi connectivity index (χ3v) is 5.74. The number of aromatic nitrogens is 2. The number of rotatable bonds is 5. The Labute approximate surface area is 159 Å². The molecule has 3 heterocycles. The fraction of sp³-hybridized carbons (Fsp3) is 0.333. The maximum absolute atomic E-state index is 7.75. The summed E-state index contributed by atoms with van der Waals surface area (Å²) in [6, 6.07) is 1.95. The van der Waals surface area contributed by atoms with Gasteiger partial charge in [-0.15, -0.1) is 11.8 Å². The van der Waals surface area contributed by atoms with Gasteiger partial charge in [0.2, 0.25) is 0 Å². The molecule has 0 atom stereocenters. The summed E-state index contributed by atoms with van der Waals surface area (Å²) in [6.07, 6.45) is 7.32. The highest BCUT2D eigenvalue weighted by molar-refractivity contribution is 7.98. The molecule has 6 nitrogen and oxygen atoms in total. The van der Waals surface area contributed by atoms with Crippen LogP contribution in [0.15, 0.2) is 22.8 Å². The van der Waals surface area contributed by atoms with E-state index in [-0.39, 0.29) is 0 Å². The maximum atomic E-state index is 7.75. The van der Waals surface area contributed by atoms with Crippen LogP contribution in [0.4, 0.5) is 11.2 Å². The van der Waals surface area contributed by atoms with E-state index in [0.717, 1.165) is 43.3 Å². The lowest BCUT2D eigenvalue weighted by molar-refractivity contribution is 0.122. The topological polar surface area (TPSA) is 88.1 Å². The zero-order valence-electron chi connectivity index (χ0n) is 14.9. The summed E-state index contributed by atoms with van der Waals surface area (Å²) in [6.45, 7) is 4.98. The average molecular weight is 387 g/mol. The minimum atomic E-state index is 0.602. The molecular formula is C18H22N5OPS. The second-order valence-corrected chi connectivity index (χ2v) is 7.55. The second kappa shape index (κ2) is 8.62. The van der Waals surface area contributed by atoms with Crippen molar-refractivity contribution in [1.82, 2.24) is 9.97 Å². The number of anilines is 2. The molecule has 2 aromatic heterocycles. The Bertz CT molecular complexity index is 837. The lowest BCUT2D eigenvalue weighted by Crippen LogP contribution is -2.37. The summed E-state index contributed by atoms with van der Waals surface area (Å²) in [5.41, 5.74) is 9.11. The molecule has 1 saturated heterocycles. The first kappa shape index (κ1) is 18.8. The highest BCUT2D eigenvalue weighted by atomic mass is 32.2. The minimum absolute atomic E-state index is 0.602. The van der Waals surface area contributed by atoms with Gasteiger partial charge in [0.15, 0.2) is 5.82 Å². The van der Waals surface area contributed by atoms with Crippen LogP contribution in [-0.2, 0) is 4.74 Å². The molecule has 2 aromatic rings. The quantitative estimate of drug-likeness (QED) is 0.598. The van der Waals surface area contributed by atoms with Crippen molar-refractivity contribution in [1.29, 1.82) is 5.41 Å². The highest BCUT2D eigenvalue weighted by Gasteiger charge is 2.21. The van der Waals surface area contributed by atoms with Gasteiger partial charge in [0, 0.05) is 30.4 Å². The summed E-state index contributed by atoms with van der Waals surface area (Å²) < 4.78 is 5.49. The summed E-state index contributed by atoms with van der Waals surface area (Å²) >= 11 is 1.65. The molecule has 1 fully saturated rings. The number of ether oxygens (including phenoxy) is 1. The van der Waals surface area contributed by atoms with Gasteiger partial charge in [-0.25, -0.2) is 9.97 Å². The van der Waals surface area contributed by atoms with Crippen LogP contribution < -0.4 is 10.6 Å². The second-order valence-electron chi connectivity index (χ2n) is 5.69. The van der Waals surface area contributed by atoms with Crippen molar-refractivity contribution in [3.8, 4) is 11.4 Å². The van der Waals surface area contributed by atoms with Crippen LogP contribution in [-0.4, -0.2) is 48.7 Å². The number of nitrogens with zero attached hydrogens (tertiary/aromatic N) is 3. The number of nitrogens with one attached hydrogen (secondary N) is 1. The van der Waals surface area contributed by atoms with Gasteiger partial charge in [0.05, 0.1) is 29.2 Å². The van der Waals surface area contributed by atoms with Gasteiger partial charge in [-0.05, 0) is 39.3 Å². The van der Waals surface area contributed by atoms with Gasteiger partial charge in [-0.2, -0.15) is 0 Å². The molecule has 0 amide bonds. The monoisotopic (exact) mass is 387 g/mol. The van der Waals surface area contributed by atoms with Crippen LogP contribution in [0.2, 0.25) is 0 Å². The van der Waals surface area contributed by atoms with E-state index in [1.165, 1.54) is 6.21 Å². The zero-order chi connectivity index (χ0) is 18.5. The third-order valence-electron chi connectivity index (χ3n) is 4.12. The lowest BCUT2D eigenvalue weighted by atomic mass is 10.1. The third kappa shape index (κ3) is 3.75. The van der Waals surface area contributed by atoms with E-state index in [0.29, 0.717) is 30.0 Å². The Kier molecular flexibility index (Phi) is 6.25. The zero-order valence-corrected chi connectivity index (χ0v) is 16.6. The number of hydrogen-bond acceptors (Lipinski definition) is 7. The van der Waals surface area contributed by atoms with Crippen molar-refractivity contribution in [3.63, 3.8) is 0 Å². The van der Waals surface area contributed by atoms with Gasteiger partial charge in [0.25, 0.3) is 0 Å². The molecule has 0 aliphatic carbocycles. The Morgan fingerprint density at radius 1 is 1.35 bits per heavy atom. The first-order chi connectivity index (χ1) is 12.7. The SMILES string of the molecule is C/C=C/c1nc(-c2ccpc(N)c2C=N)nc(N2CCOCC2)c1SC. The lowest BCUT2D eigenvalue weighted by Gasteiger charge is -2.30. The molecule has 8 heteroatoms. The first-order valence-electron chi connectivity index (χ1n) is 8.36. The molecule has 0 spiro atoms. The fourth-order valence-electron chi connectivity index (χ4n) is 2.87. The van der Waals surface area contributed by atoms with Crippen molar-refractivity contribution in [2.45, 2.75) is 11.8 Å². The summed E-state index contributed by atoms with van der Waals surface area (Å²) in [4.78, 5) is 13.0. The molecular weight excluding hydrogens is 365 g/mol. The molecule has 3 N–H and O–H groups in total. The molecule has 3 rings (SSSR count). The van der Waals surface area contributed by atoms with Gasteiger partial charge in [-0.3, -0.25) is 0 Å². The Morgan fingerprint density at radius 3 is 2.77 bits per heavy atom. The molecule has 26 heavy (non-hydrogen) atoms. The van der Waals surface area contributed by atoms with E-state index < -0.39 is 0 Å². The smallest absolute Gasteiger partial charge is 0.162 e. The maximum Gasteiger partial charge on any atom is 0.162 e. The molecule has 0 radical (unpaired) electrons. The molecule has 0 bridgehead atoms. The Balaban J connectivity index is 2.22. The number of thioether (sulfide) groups is 1. The van der Waals surface area contributed by atoms with Crippen molar-refractivity contribution >= 4 is 43.5 Å². The average Bonchev–Trinajstić information content (AvgIpc) is 2.68. The molecule has 1 aliphatic rings. The Hall–Kier alpha value is -1.95. The number of nitrogen functional groups attached to an aromatic ring is 1. The number of nitrogens with two attached hydrogens (primary N) is 1. The van der Waals surface area contributed by atoms with E-state index >= 15 is 0 Å². The fourth-order valence-corrected chi connectivity index (χ4v) is 4.26. The minimum Gasteiger partial charge on any atom is -0.394 e. The van der Waals surface area contributed by atoms with Crippen LogP contribution >= 0.6 is 20.0 Å². The number of allylic oxidation sites excluding steroid dienone is 1. The predicted molar refractivity (Wildman–Crippen MR) is 112 cm³/mol. The van der Waals surface area contributed by atoms with E-state index in [1.54, 1.807) is 11.8 Å². The van der Waals surface area contributed by atoms with Crippen LogP contribution in [0.1, 0.15) is 18.2 Å². The van der Waals surface area contributed by atoms with Crippen LogP contribution in [0.5, 0.6) is 0 Å². The van der Waals surface area contributed by atoms with Crippen molar-refractivity contribution in [3.05, 3.63) is 29.2 Å². The van der Waals surface area contributed by atoms with Gasteiger partial charge in [0.1, 0.15) is 5.82 Å². The normalized spacial score (nSPS) is 15.1. The van der Waals surface area contributed by atoms with Crippen molar-refractivity contribution in [2.24, 2.45) is 0 Å². The molecule has 0 aromatic carbocycles. The highest BCUT2D eigenvalue weighted by Crippen LogP contribution is 2.36. The molecule has 136 valence electrons. The van der Waals surface area contributed by atoms with E-state index in [2.05, 4.69) is 4.90 Å². The molecule has 0 unspecified atom stereocenters. The first-order valence-corrected chi connectivity index (χ1v) is 10.5. The van der Waals surface area contributed by atoms with Crippen molar-refractivity contribution in [2.75, 3.05) is 43.2 Å². The summed E-state index contributed by atoms with van der Waals surface area (Å²) in [7, 11) is 0.901. The standard InChI is InChI=1S/C18H22N5OPS/c1-3-4-14-15(26-2)18(23-6-8-24-9-7-23)22-17(21-14)12-5-10-25-16(20)13(12)11-19/h3-5,10-11,19H,6-9,20H2,1-2H3/b4-3+,19-11?. The Morgan fingerprint density at radius 2 is 2.12 bits per heavy atom. The van der Waals surface area contributed by atoms with E-state index in [4.69, 9.17) is 25.8 Å². The van der Waals surface area contributed by atoms with Gasteiger partial charge >= 0.3 is 0 Å². The number of morpholine rings is 1. The summed E-state index contributed by atoms with van der Waals surface area (Å²) in [5.74, 6) is 3.49. The van der Waals surface area contributed by atoms with Crippen LogP contribution in [0, 0.1) is 5.41 Å². The predicted octanol–water partition coefficient (Wildman–Crippen LogP) is 3.90.